The maximum Gasteiger partial charge on any atom is 0.349 e. The molecule has 8 heteroatoms. The quantitative estimate of drug-likeness (QED) is 0.772. The summed E-state index contributed by atoms with van der Waals surface area (Å²) in [7, 11) is -2.68. The number of benzene rings is 1. The summed E-state index contributed by atoms with van der Waals surface area (Å²) < 4.78 is 38.2. The van der Waals surface area contributed by atoms with Gasteiger partial charge in [0.15, 0.2) is 0 Å². The number of anilines is 1. The van der Waals surface area contributed by atoms with E-state index in [0.717, 1.165) is 37.0 Å². The smallest absolute Gasteiger partial charge is 0.349 e. The summed E-state index contributed by atoms with van der Waals surface area (Å²) in [5.41, 5.74) is 0.387. The number of carbonyl (C=O) groups excluding carboxylic acids is 1. The van der Waals surface area contributed by atoms with Gasteiger partial charge >= 0.3 is 5.97 Å². The highest BCUT2D eigenvalue weighted by Gasteiger charge is 2.25. The molecule has 134 valence electrons. The van der Waals surface area contributed by atoms with Gasteiger partial charge in [0.1, 0.15) is 15.5 Å². The van der Waals surface area contributed by atoms with E-state index in [1.54, 1.807) is 29.6 Å². The van der Waals surface area contributed by atoms with Crippen LogP contribution in [0.2, 0.25) is 0 Å². The van der Waals surface area contributed by atoms with Crippen LogP contribution in [0.4, 0.5) is 5.69 Å². The van der Waals surface area contributed by atoms with Crippen molar-refractivity contribution in [3.8, 4) is 5.75 Å². The molecule has 1 saturated carbocycles. The molecule has 1 N–H and O–H groups in total. The molecular formula is C17H19NO5S2. The average Bonchev–Trinajstić information content (AvgIpc) is 3.25. The van der Waals surface area contributed by atoms with Gasteiger partial charge in [-0.1, -0.05) is 6.07 Å². The third-order valence-corrected chi connectivity index (χ3v) is 6.43. The second kappa shape index (κ2) is 7.45. The lowest BCUT2D eigenvalue weighted by molar-refractivity contribution is 0.0602. The molecule has 0 saturated heterocycles. The Morgan fingerprint density at radius 1 is 1.24 bits per heavy atom. The lowest BCUT2D eigenvalue weighted by atomic mass is 10.3. The van der Waals surface area contributed by atoms with Crippen LogP contribution in [-0.2, 0) is 14.8 Å². The van der Waals surface area contributed by atoms with Gasteiger partial charge in [-0.15, -0.1) is 11.3 Å². The Morgan fingerprint density at radius 2 is 2.00 bits per heavy atom. The lowest BCUT2D eigenvalue weighted by Gasteiger charge is -2.14. The summed E-state index contributed by atoms with van der Waals surface area (Å²) in [6.45, 7) is 0. The maximum absolute atomic E-state index is 12.6. The monoisotopic (exact) mass is 381 g/mol. The summed E-state index contributed by atoms with van der Waals surface area (Å²) in [4.78, 5) is 11.7. The minimum Gasteiger partial charge on any atom is -0.490 e. The molecule has 1 heterocycles. The van der Waals surface area contributed by atoms with Crippen LogP contribution in [0.15, 0.2) is 40.6 Å². The molecule has 1 aliphatic rings. The summed E-state index contributed by atoms with van der Waals surface area (Å²) in [5, 5.41) is 1.54. The van der Waals surface area contributed by atoms with Gasteiger partial charge in [-0.2, -0.15) is 0 Å². The standard InChI is InChI=1S/C17H19NO5S2/c1-22-17(19)16-15(9-10-24-16)25(20,21)18-12-5-4-8-14(11-12)23-13-6-2-3-7-13/h4-5,8-11,13,18H,2-3,6-7H2,1H3. The molecule has 0 atom stereocenters. The van der Waals surface area contributed by atoms with E-state index < -0.39 is 16.0 Å². The van der Waals surface area contributed by atoms with Crippen molar-refractivity contribution < 1.29 is 22.7 Å². The summed E-state index contributed by atoms with van der Waals surface area (Å²) >= 11 is 1.03. The van der Waals surface area contributed by atoms with E-state index in [0.29, 0.717) is 11.4 Å². The van der Waals surface area contributed by atoms with E-state index in [1.807, 2.05) is 0 Å². The van der Waals surface area contributed by atoms with Crippen molar-refractivity contribution in [3.63, 3.8) is 0 Å². The molecule has 0 spiro atoms. The van der Waals surface area contributed by atoms with Crippen molar-refractivity contribution >= 4 is 33.0 Å². The first-order valence-electron chi connectivity index (χ1n) is 7.95. The molecule has 25 heavy (non-hydrogen) atoms. The van der Waals surface area contributed by atoms with E-state index in [2.05, 4.69) is 9.46 Å². The molecule has 0 bridgehead atoms. The normalized spacial score (nSPS) is 15.1. The summed E-state index contributed by atoms with van der Waals surface area (Å²) in [6, 6.07) is 8.22. The predicted molar refractivity (Wildman–Crippen MR) is 95.8 cm³/mol. The van der Waals surface area contributed by atoms with Gasteiger partial charge in [0, 0.05) is 6.07 Å². The van der Waals surface area contributed by atoms with E-state index in [-0.39, 0.29) is 15.9 Å². The summed E-state index contributed by atoms with van der Waals surface area (Å²) in [6.07, 6.45) is 4.55. The average molecular weight is 381 g/mol. The number of carbonyl (C=O) groups is 1. The van der Waals surface area contributed by atoms with E-state index in [9.17, 15) is 13.2 Å². The van der Waals surface area contributed by atoms with Crippen LogP contribution in [0.1, 0.15) is 35.4 Å². The van der Waals surface area contributed by atoms with E-state index in [1.165, 1.54) is 13.2 Å². The Morgan fingerprint density at radius 3 is 2.72 bits per heavy atom. The molecule has 1 aliphatic carbocycles. The molecule has 0 unspecified atom stereocenters. The van der Waals surface area contributed by atoms with Crippen LogP contribution >= 0.6 is 11.3 Å². The van der Waals surface area contributed by atoms with Crippen LogP contribution in [0.3, 0.4) is 0 Å². The first kappa shape index (κ1) is 17.8. The van der Waals surface area contributed by atoms with Crippen molar-refractivity contribution in [2.24, 2.45) is 0 Å². The zero-order valence-corrected chi connectivity index (χ0v) is 15.4. The largest absolute Gasteiger partial charge is 0.490 e. The molecule has 1 aromatic heterocycles. The highest BCUT2D eigenvalue weighted by Crippen LogP contribution is 2.28. The topological polar surface area (TPSA) is 81.7 Å². The minimum atomic E-state index is -3.90. The van der Waals surface area contributed by atoms with Crippen molar-refractivity contribution in [1.82, 2.24) is 0 Å². The highest BCUT2D eigenvalue weighted by atomic mass is 32.2. The molecule has 2 aromatic rings. The predicted octanol–water partition coefficient (Wildman–Crippen LogP) is 3.66. The first-order valence-corrected chi connectivity index (χ1v) is 10.3. The number of methoxy groups -OCH3 is 1. The number of rotatable bonds is 6. The first-order chi connectivity index (χ1) is 12.0. The van der Waals surface area contributed by atoms with Crippen LogP contribution in [0.25, 0.3) is 0 Å². The molecule has 1 aromatic carbocycles. The van der Waals surface area contributed by atoms with Crippen LogP contribution in [0.5, 0.6) is 5.75 Å². The van der Waals surface area contributed by atoms with Gasteiger partial charge in [0.25, 0.3) is 10.0 Å². The van der Waals surface area contributed by atoms with E-state index in [4.69, 9.17) is 4.74 Å². The number of hydrogen-bond donors (Lipinski definition) is 1. The van der Waals surface area contributed by atoms with E-state index >= 15 is 0 Å². The number of thiophene rings is 1. The van der Waals surface area contributed by atoms with Crippen molar-refractivity contribution in [1.29, 1.82) is 0 Å². The van der Waals surface area contributed by atoms with Crippen LogP contribution < -0.4 is 9.46 Å². The van der Waals surface area contributed by atoms with Gasteiger partial charge in [-0.25, -0.2) is 13.2 Å². The Bertz CT molecular complexity index is 853. The molecule has 1 fully saturated rings. The molecule has 3 rings (SSSR count). The molecule has 0 radical (unpaired) electrons. The van der Waals surface area contributed by atoms with Gasteiger partial charge in [0.2, 0.25) is 0 Å². The SMILES string of the molecule is COC(=O)c1sccc1S(=O)(=O)Nc1cccc(OC2CCCC2)c1. The zero-order valence-electron chi connectivity index (χ0n) is 13.7. The lowest BCUT2D eigenvalue weighted by Crippen LogP contribution is -2.16. The van der Waals surface area contributed by atoms with Gasteiger partial charge in [0.05, 0.1) is 18.9 Å². The second-order valence-electron chi connectivity index (χ2n) is 5.76. The third-order valence-electron chi connectivity index (χ3n) is 3.98. The van der Waals surface area contributed by atoms with Crippen molar-refractivity contribution in [2.45, 2.75) is 36.7 Å². The fourth-order valence-electron chi connectivity index (χ4n) is 2.79. The molecule has 6 nitrogen and oxygen atoms in total. The number of sulfonamides is 1. The Hall–Kier alpha value is -2.06. The van der Waals surface area contributed by atoms with Crippen LogP contribution in [-0.4, -0.2) is 27.6 Å². The number of hydrogen-bond acceptors (Lipinski definition) is 6. The minimum absolute atomic E-state index is 0.0494. The van der Waals surface area contributed by atoms with Crippen molar-refractivity contribution in [3.05, 3.63) is 40.6 Å². The highest BCUT2D eigenvalue weighted by molar-refractivity contribution is 7.93. The number of ether oxygens (including phenoxy) is 2. The Kier molecular flexibility index (Phi) is 5.29. The molecular weight excluding hydrogens is 362 g/mol. The second-order valence-corrected chi connectivity index (χ2v) is 8.33. The van der Waals surface area contributed by atoms with Gasteiger partial charge < -0.3 is 9.47 Å². The Balaban J connectivity index is 1.79. The van der Waals surface area contributed by atoms with Crippen molar-refractivity contribution in [2.75, 3.05) is 11.8 Å². The zero-order chi connectivity index (χ0) is 17.9. The fraction of sp³-hybridized carbons (Fsp3) is 0.353. The number of esters is 1. The van der Waals surface area contributed by atoms with Gasteiger partial charge in [-0.3, -0.25) is 4.72 Å². The summed E-state index contributed by atoms with van der Waals surface area (Å²) in [5.74, 6) is -0.0423. The molecule has 0 aliphatic heterocycles. The molecule has 0 amide bonds. The van der Waals surface area contributed by atoms with Crippen LogP contribution in [0, 0.1) is 0 Å². The number of nitrogens with one attached hydrogen (secondary N) is 1. The maximum atomic E-state index is 12.6. The third kappa shape index (κ3) is 4.13. The van der Waals surface area contributed by atoms with Gasteiger partial charge in [-0.05, 0) is 49.3 Å². The fourth-order valence-corrected chi connectivity index (χ4v) is 5.18. The Labute approximate surface area is 150 Å².